The molecule has 3 heterocycles. The van der Waals surface area contributed by atoms with Gasteiger partial charge in [-0.1, -0.05) is 12.1 Å². The molecular weight excluding hydrogens is 397 g/mol. The molecule has 0 bridgehead atoms. The van der Waals surface area contributed by atoms with Gasteiger partial charge in [-0.15, -0.1) is 0 Å². The summed E-state index contributed by atoms with van der Waals surface area (Å²) in [6.07, 6.45) is 0.649. The van der Waals surface area contributed by atoms with Crippen LogP contribution >= 0.6 is 0 Å². The molecule has 2 N–H and O–H groups in total. The quantitative estimate of drug-likeness (QED) is 0.528. The number of nitrogens with one attached hydrogen (secondary N) is 2. The predicted octanol–water partition coefficient (Wildman–Crippen LogP) is 4.14. The number of halogens is 3. The Balaban J connectivity index is 1.57. The summed E-state index contributed by atoms with van der Waals surface area (Å²) < 4.78 is 38.6. The van der Waals surface area contributed by atoms with E-state index in [1.165, 1.54) is 0 Å². The molecule has 0 aliphatic carbocycles. The van der Waals surface area contributed by atoms with Gasteiger partial charge in [0.15, 0.2) is 0 Å². The number of alkyl halides is 3. The molecule has 0 fully saturated rings. The maximum absolute atomic E-state index is 12.2. The first-order valence-electron chi connectivity index (χ1n) is 8.86. The van der Waals surface area contributed by atoms with Crippen molar-refractivity contribution in [3.63, 3.8) is 0 Å². The topological polar surface area (TPSA) is 84.2 Å². The highest BCUT2D eigenvalue weighted by atomic mass is 19.4. The number of nitrogens with zero attached hydrogens (tertiary/aromatic N) is 4. The highest BCUT2D eigenvalue weighted by Gasteiger charge is 2.27. The zero-order valence-electron chi connectivity index (χ0n) is 15.4. The van der Waals surface area contributed by atoms with Crippen molar-refractivity contribution in [1.82, 2.24) is 24.9 Å². The summed E-state index contributed by atoms with van der Waals surface area (Å²) in [5.74, 6) is 0. The van der Waals surface area contributed by atoms with Gasteiger partial charge in [0.2, 0.25) is 0 Å². The summed E-state index contributed by atoms with van der Waals surface area (Å²) in [6.45, 7) is -1.40. The molecule has 0 saturated carbocycles. The van der Waals surface area contributed by atoms with Crippen LogP contribution in [0.2, 0.25) is 0 Å². The minimum atomic E-state index is -4.47. The Morgan fingerprint density at radius 3 is 2.70 bits per heavy atom. The zero-order chi connectivity index (χ0) is 21.1. The van der Waals surface area contributed by atoms with E-state index in [1.807, 2.05) is 34.9 Å². The number of carbonyl (C=O) groups excluding carboxylic acids is 1. The second kappa shape index (κ2) is 7.82. The number of aromatic nitrogens is 4. The Morgan fingerprint density at radius 1 is 1.07 bits per heavy atom. The number of hydrogen-bond donors (Lipinski definition) is 2. The van der Waals surface area contributed by atoms with E-state index in [4.69, 9.17) is 0 Å². The molecule has 0 spiro atoms. The van der Waals surface area contributed by atoms with Gasteiger partial charge in [0.1, 0.15) is 12.2 Å². The molecular formula is C20H15F3N6O. The van der Waals surface area contributed by atoms with Gasteiger partial charge in [0, 0.05) is 29.2 Å². The molecule has 7 nitrogen and oxygen atoms in total. The lowest BCUT2D eigenvalue weighted by atomic mass is 10.1. The first kappa shape index (κ1) is 19.4. The fourth-order valence-electron chi connectivity index (χ4n) is 2.92. The molecule has 4 aromatic rings. The standard InChI is InChI=1S/C20H15F3N6O/c21-20(22,23)12-25-19(30)27-15-4-1-3-14(9-15)17-11-24-18-10-13(6-8-29(17)18)16-5-2-7-26-28-16/h1-11H,12H2,(H2,25,27,30). The molecule has 30 heavy (non-hydrogen) atoms. The van der Waals surface area contributed by atoms with E-state index < -0.39 is 18.8 Å². The van der Waals surface area contributed by atoms with Gasteiger partial charge in [-0.25, -0.2) is 9.78 Å². The number of hydrogen-bond acceptors (Lipinski definition) is 4. The first-order valence-corrected chi connectivity index (χ1v) is 8.86. The summed E-state index contributed by atoms with van der Waals surface area (Å²) in [5, 5.41) is 12.1. The lowest BCUT2D eigenvalue weighted by Crippen LogP contribution is -2.36. The molecule has 0 unspecified atom stereocenters. The maximum atomic E-state index is 12.2. The third kappa shape index (κ3) is 4.37. The lowest BCUT2D eigenvalue weighted by Gasteiger charge is -2.11. The van der Waals surface area contributed by atoms with Crippen LogP contribution in [0.25, 0.3) is 28.2 Å². The van der Waals surface area contributed by atoms with Crippen LogP contribution in [0.3, 0.4) is 0 Å². The molecule has 152 valence electrons. The molecule has 4 rings (SSSR count). The maximum Gasteiger partial charge on any atom is 0.405 e. The number of urea groups is 1. The summed E-state index contributed by atoms with van der Waals surface area (Å²) in [6, 6.07) is 13.2. The number of anilines is 1. The van der Waals surface area contributed by atoms with E-state index in [1.54, 1.807) is 42.0 Å². The largest absolute Gasteiger partial charge is 0.405 e. The van der Waals surface area contributed by atoms with E-state index in [-0.39, 0.29) is 0 Å². The number of amides is 2. The third-order valence-electron chi connectivity index (χ3n) is 4.25. The summed E-state index contributed by atoms with van der Waals surface area (Å²) in [5.41, 5.74) is 4.14. The van der Waals surface area contributed by atoms with Crippen molar-refractivity contribution in [2.75, 3.05) is 11.9 Å². The van der Waals surface area contributed by atoms with E-state index in [9.17, 15) is 18.0 Å². The predicted molar refractivity (Wildman–Crippen MR) is 105 cm³/mol. The highest BCUT2D eigenvalue weighted by molar-refractivity contribution is 5.90. The first-order chi connectivity index (χ1) is 14.4. The zero-order valence-corrected chi connectivity index (χ0v) is 15.4. The highest BCUT2D eigenvalue weighted by Crippen LogP contribution is 2.26. The van der Waals surface area contributed by atoms with Crippen molar-refractivity contribution >= 4 is 17.4 Å². The Kier molecular flexibility index (Phi) is 5.05. The SMILES string of the molecule is O=C(NCC(F)(F)F)Nc1cccc(-c2cnc3cc(-c4cccnn4)ccn23)c1. The van der Waals surface area contributed by atoms with E-state index >= 15 is 0 Å². The minimum Gasteiger partial charge on any atom is -0.329 e. The summed E-state index contributed by atoms with van der Waals surface area (Å²) in [4.78, 5) is 16.1. The molecule has 0 aliphatic heterocycles. The van der Waals surface area contributed by atoms with Gasteiger partial charge in [-0.2, -0.15) is 23.4 Å². The van der Waals surface area contributed by atoms with Crippen LogP contribution in [0.15, 0.2) is 67.1 Å². The number of pyridine rings is 1. The van der Waals surface area contributed by atoms with Gasteiger partial charge >= 0.3 is 12.2 Å². The van der Waals surface area contributed by atoms with Crippen molar-refractivity contribution < 1.29 is 18.0 Å². The van der Waals surface area contributed by atoms with Crippen LogP contribution in [-0.4, -0.2) is 38.3 Å². The van der Waals surface area contributed by atoms with Gasteiger partial charge < -0.3 is 10.6 Å². The Hall–Kier alpha value is -3.95. The smallest absolute Gasteiger partial charge is 0.329 e. The normalized spacial score (nSPS) is 11.4. The van der Waals surface area contributed by atoms with Crippen LogP contribution in [0, 0.1) is 0 Å². The molecule has 10 heteroatoms. The molecule has 1 aromatic carbocycles. The van der Waals surface area contributed by atoms with E-state index in [2.05, 4.69) is 20.5 Å². The number of imidazole rings is 1. The Bertz CT molecular complexity index is 1190. The summed E-state index contributed by atoms with van der Waals surface area (Å²) in [7, 11) is 0. The van der Waals surface area contributed by atoms with Crippen LogP contribution in [0.4, 0.5) is 23.7 Å². The Morgan fingerprint density at radius 2 is 1.93 bits per heavy atom. The van der Waals surface area contributed by atoms with Gasteiger partial charge in [-0.3, -0.25) is 4.40 Å². The molecule has 3 aromatic heterocycles. The van der Waals surface area contributed by atoms with Gasteiger partial charge in [-0.05, 0) is 36.4 Å². The number of benzene rings is 1. The van der Waals surface area contributed by atoms with Crippen LogP contribution in [0.5, 0.6) is 0 Å². The van der Waals surface area contributed by atoms with Crippen molar-refractivity contribution in [3.05, 3.63) is 67.1 Å². The fourth-order valence-corrected chi connectivity index (χ4v) is 2.92. The van der Waals surface area contributed by atoms with Gasteiger partial charge in [0.25, 0.3) is 0 Å². The van der Waals surface area contributed by atoms with Crippen molar-refractivity contribution in [2.45, 2.75) is 6.18 Å². The monoisotopic (exact) mass is 412 g/mol. The third-order valence-corrected chi connectivity index (χ3v) is 4.25. The van der Waals surface area contributed by atoms with E-state index in [0.717, 1.165) is 22.5 Å². The second-order valence-electron chi connectivity index (χ2n) is 6.40. The van der Waals surface area contributed by atoms with Crippen LogP contribution < -0.4 is 10.6 Å². The molecule has 2 amide bonds. The van der Waals surface area contributed by atoms with E-state index in [0.29, 0.717) is 11.3 Å². The Labute approximate surface area is 168 Å². The molecule has 0 aliphatic rings. The fraction of sp³-hybridized carbons (Fsp3) is 0.100. The molecule has 0 atom stereocenters. The van der Waals surface area contributed by atoms with Gasteiger partial charge in [0.05, 0.1) is 17.6 Å². The second-order valence-corrected chi connectivity index (χ2v) is 6.40. The summed E-state index contributed by atoms with van der Waals surface area (Å²) >= 11 is 0. The van der Waals surface area contributed by atoms with Crippen LogP contribution in [0.1, 0.15) is 0 Å². The average Bonchev–Trinajstić information content (AvgIpc) is 3.16. The van der Waals surface area contributed by atoms with Crippen molar-refractivity contribution in [3.8, 4) is 22.5 Å². The van der Waals surface area contributed by atoms with Crippen molar-refractivity contribution in [1.29, 1.82) is 0 Å². The van der Waals surface area contributed by atoms with Crippen LogP contribution in [-0.2, 0) is 0 Å². The average molecular weight is 412 g/mol. The number of carbonyl (C=O) groups is 1. The number of rotatable bonds is 4. The number of fused-ring (bicyclic) bond motifs is 1. The molecule has 0 saturated heterocycles. The minimum absolute atomic E-state index is 0.360. The molecule has 0 radical (unpaired) electrons. The van der Waals surface area contributed by atoms with Crippen molar-refractivity contribution in [2.24, 2.45) is 0 Å². The lowest BCUT2D eigenvalue weighted by molar-refractivity contribution is -0.122.